The second-order valence-corrected chi connectivity index (χ2v) is 19.5. The summed E-state index contributed by atoms with van der Waals surface area (Å²) in [4.78, 5) is 56.9. The van der Waals surface area contributed by atoms with Gasteiger partial charge in [0.25, 0.3) is 22.2 Å². The summed E-state index contributed by atoms with van der Waals surface area (Å²) in [5.74, 6) is 0.475. The Morgan fingerprint density at radius 1 is 0.328 bits per heavy atom. The minimum absolute atomic E-state index is 0.228. The van der Waals surface area contributed by atoms with Crippen LogP contribution in [0.4, 0.5) is 0 Å². The third kappa shape index (κ3) is 16.1. The zero-order chi connectivity index (χ0) is 42.1. The quantitative estimate of drug-likeness (QED) is 0.0544. The highest BCUT2D eigenvalue weighted by atomic mass is 79.9. The molecule has 0 aliphatic carbocycles. The van der Waals surface area contributed by atoms with Crippen LogP contribution < -0.4 is 22.2 Å². The molecule has 0 spiro atoms. The summed E-state index contributed by atoms with van der Waals surface area (Å²) >= 11 is 7.25. The van der Waals surface area contributed by atoms with E-state index in [-0.39, 0.29) is 55.6 Å². The molecular formula is C50H82Br2N2O4. The number of rotatable bonds is 36. The highest BCUT2D eigenvalue weighted by Gasteiger charge is 2.29. The Hall–Kier alpha value is -1.54. The first-order chi connectivity index (χ1) is 28.2. The van der Waals surface area contributed by atoms with Crippen molar-refractivity contribution in [1.29, 1.82) is 0 Å². The molecule has 0 saturated heterocycles. The van der Waals surface area contributed by atoms with E-state index in [0.717, 1.165) is 51.4 Å². The first-order valence-corrected chi connectivity index (χ1v) is 26.1. The van der Waals surface area contributed by atoms with Gasteiger partial charge in [-0.1, -0.05) is 207 Å². The Morgan fingerprint density at radius 3 is 0.724 bits per heavy atom. The first kappa shape index (κ1) is 50.8. The predicted molar refractivity (Wildman–Crippen MR) is 258 cm³/mol. The Bertz CT molecular complexity index is 1570. The average Bonchev–Trinajstić information content (AvgIpc) is 3.61. The highest BCUT2D eigenvalue weighted by Crippen LogP contribution is 2.35. The van der Waals surface area contributed by atoms with Gasteiger partial charge in [0, 0.05) is 22.0 Å². The SMILES string of the molecule is CCCCCCCCCCC(CCCCCCCC)Cn1c(=O)c2c(Br)c3c(=O)n(CC(CCCCCCCC)CCCCCCCCCC)c(=O)c3c(Br)c2c1=O. The number of fused-ring (bicyclic) bond motifs is 2. The molecule has 0 amide bonds. The number of halogens is 2. The molecule has 58 heavy (non-hydrogen) atoms. The molecule has 0 aliphatic heterocycles. The molecule has 6 nitrogen and oxygen atoms in total. The topological polar surface area (TPSA) is 78.1 Å². The summed E-state index contributed by atoms with van der Waals surface area (Å²) in [5, 5.41) is 0.913. The highest BCUT2D eigenvalue weighted by molar-refractivity contribution is 9.11. The van der Waals surface area contributed by atoms with Crippen LogP contribution in [0.2, 0.25) is 0 Å². The molecule has 0 fully saturated rings. The maximum atomic E-state index is 14.2. The van der Waals surface area contributed by atoms with Crippen molar-refractivity contribution in [3.8, 4) is 0 Å². The smallest absolute Gasteiger partial charge is 0.262 e. The van der Waals surface area contributed by atoms with Crippen molar-refractivity contribution in [2.75, 3.05) is 0 Å². The maximum absolute atomic E-state index is 14.2. The van der Waals surface area contributed by atoms with Crippen molar-refractivity contribution in [3.05, 3.63) is 50.4 Å². The standard InChI is InChI=1S/C50H82Br2N2O4/c1-5-9-13-17-21-23-27-31-35-39(33-29-25-19-15-11-7-3)37-53-47(55)41-42(48(53)56)46(52)44-43(45(41)51)49(57)54(50(44)58)38-40(34-30-26-20-16-12-8-4)36-32-28-24-22-18-14-10-6-2/h39-40H,5-38H2,1-4H3. The van der Waals surface area contributed by atoms with E-state index in [1.54, 1.807) is 0 Å². The van der Waals surface area contributed by atoms with Gasteiger partial charge in [-0.2, -0.15) is 0 Å². The van der Waals surface area contributed by atoms with Crippen LogP contribution in [-0.4, -0.2) is 9.13 Å². The number of benzene rings is 1. The minimum Gasteiger partial charge on any atom is -0.274 e. The first-order valence-electron chi connectivity index (χ1n) is 24.5. The maximum Gasteiger partial charge on any atom is 0.262 e. The Labute approximate surface area is 369 Å². The van der Waals surface area contributed by atoms with Crippen LogP contribution in [0.5, 0.6) is 0 Å². The molecule has 2 unspecified atom stereocenters. The van der Waals surface area contributed by atoms with Crippen molar-refractivity contribution >= 4 is 53.4 Å². The molecule has 2 heterocycles. The van der Waals surface area contributed by atoms with Crippen LogP contribution in [0.3, 0.4) is 0 Å². The van der Waals surface area contributed by atoms with E-state index in [0.29, 0.717) is 22.0 Å². The third-order valence-corrected chi connectivity index (χ3v) is 14.5. The Balaban J connectivity index is 1.85. The molecule has 2 aromatic heterocycles. The molecular weight excluding hydrogens is 852 g/mol. The van der Waals surface area contributed by atoms with Gasteiger partial charge in [0.15, 0.2) is 0 Å². The van der Waals surface area contributed by atoms with E-state index in [2.05, 4.69) is 59.6 Å². The van der Waals surface area contributed by atoms with Gasteiger partial charge in [-0.3, -0.25) is 28.3 Å². The van der Waals surface area contributed by atoms with E-state index in [9.17, 15) is 19.2 Å². The summed E-state index contributed by atoms with van der Waals surface area (Å²) in [5.41, 5.74) is -1.41. The van der Waals surface area contributed by atoms with Gasteiger partial charge in [0.2, 0.25) is 0 Å². The fourth-order valence-corrected chi connectivity index (χ4v) is 10.8. The second-order valence-electron chi connectivity index (χ2n) is 17.9. The number of hydrogen-bond acceptors (Lipinski definition) is 4. The van der Waals surface area contributed by atoms with Crippen LogP contribution in [0.1, 0.15) is 233 Å². The molecule has 0 saturated carbocycles. The van der Waals surface area contributed by atoms with Crippen LogP contribution in [-0.2, 0) is 13.1 Å². The predicted octanol–water partition coefficient (Wildman–Crippen LogP) is 15.2. The largest absolute Gasteiger partial charge is 0.274 e. The van der Waals surface area contributed by atoms with Gasteiger partial charge < -0.3 is 0 Å². The van der Waals surface area contributed by atoms with Gasteiger partial charge >= 0.3 is 0 Å². The molecule has 2 atom stereocenters. The summed E-state index contributed by atoms with van der Waals surface area (Å²) in [7, 11) is 0. The lowest BCUT2D eigenvalue weighted by Gasteiger charge is -2.17. The number of unbranched alkanes of at least 4 members (excludes halogenated alkanes) is 24. The molecule has 0 radical (unpaired) electrons. The number of hydrogen-bond donors (Lipinski definition) is 0. The third-order valence-electron chi connectivity index (χ3n) is 13.0. The lowest BCUT2D eigenvalue weighted by molar-refractivity contribution is 0.351. The normalized spacial score (nSPS) is 13.1. The molecule has 3 aromatic rings. The fraction of sp³-hybridized carbons (Fsp3) is 0.800. The van der Waals surface area contributed by atoms with Crippen molar-refractivity contribution in [3.63, 3.8) is 0 Å². The fourth-order valence-electron chi connectivity index (χ4n) is 9.28. The van der Waals surface area contributed by atoms with Crippen LogP contribution in [0.15, 0.2) is 28.1 Å². The monoisotopic (exact) mass is 932 g/mol. The van der Waals surface area contributed by atoms with Gasteiger partial charge in [0.1, 0.15) is 0 Å². The molecule has 330 valence electrons. The molecule has 8 heteroatoms. The van der Waals surface area contributed by atoms with Gasteiger partial charge in [0.05, 0.1) is 21.5 Å². The molecule has 0 aliphatic rings. The van der Waals surface area contributed by atoms with Crippen LogP contribution in [0, 0.1) is 11.8 Å². The van der Waals surface area contributed by atoms with E-state index in [1.807, 2.05) is 0 Å². The van der Waals surface area contributed by atoms with Crippen molar-refractivity contribution in [1.82, 2.24) is 9.13 Å². The lowest BCUT2D eigenvalue weighted by Crippen LogP contribution is -2.30. The van der Waals surface area contributed by atoms with Crippen molar-refractivity contribution in [2.24, 2.45) is 11.8 Å². The van der Waals surface area contributed by atoms with Gasteiger partial charge in [-0.25, -0.2) is 0 Å². The van der Waals surface area contributed by atoms with E-state index in [1.165, 1.54) is 163 Å². The summed E-state index contributed by atoms with van der Waals surface area (Å²) < 4.78 is 3.42. The molecule has 0 N–H and O–H groups in total. The Morgan fingerprint density at radius 2 is 0.517 bits per heavy atom. The van der Waals surface area contributed by atoms with Gasteiger partial charge in [-0.15, -0.1) is 0 Å². The molecule has 3 rings (SSSR count). The van der Waals surface area contributed by atoms with Crippen molar-refractivity contribution in [2.45, 2.75) is 246 Å². The zero-order valence-corrected chi connectivity index (χ0v) is 40.7. The van der Waals surface area contributed by atoms with E-state index < -0.39 is 0 Å². The van der Waals surface area contributed by atoms with Gasteiger partial charge in [-0.05, 0) is 69.4 Å². The Kier molecular flexibility index (Phi) is 26.0. The molecule has 0 bridgehead atoms. The number of nitrogens with zero attached hydrogens (tertiary/aromatic N) is 2. The van der Waals surface area contributed by atoms with Crippen LogP contribution in [0.25, 0.3) is 21.5 Å². The zero-order valence-electron chi connectivity index (χ0n) is 37.5. The lowest BCUT2D eigenvalue weighted by atomic mass is 9.94. The molecule has 1 aromatic carbocycles. The summed E-state index contributed by atoms with van der Waals surface area (Å²) in [6.07, 6.45) is 38.6. The van der Waals surface area contributed by atoms with Crippen molar-refractivity contribution < 1.29 is 0 Å². The minimum atomic E-state index is -0.353. The number of aromatic nitrogens is 2. The second kappa shape index (κ2) is 29.7. The average molecular weight is 935 g/mol. The van der Waals surface area contributed by atoms with Crippen LogP contribution >= 0.6 is 31.9 Å². The summed E-state index contributed by atoms with van der Waals surface area (Å²) in [6.45, 7) is 9.75. The van der Waals surface area contributed by atoms with E-state index in [4.69, 9.17) is 0 Å². The van der Waals surface area contributed by atoms with E-state index >= 15 is 0 Å². The summed E-state index contributed by atoms with van der Waals surface area (Å²) in [6, 6.07) is 0.